The fourth-order valence-corrected chi connectivity index (χ4v) is 2.17. The second kappa shape index (κ2) is 5.31. The molecule has 0 saturated carbocycles. The van der Waals surface area contributed by atoms with Crippen molar-refractivity contribution in [3.05, 3.63) is 17.4 Å². The summed E-state index contributed by atoms with van der Waals surface area (Å²) in [7, 11) is 0. The van der Waals surface area contributed by atoms with Gasteiger partial charge in [-0.2, -0.15) is 5.10 Å². The van der Waals surface area contributed by atoms with Gasteiger partial charge in [0.25, 0.3) is 0 Å². The Labute approximate surface area is 95.5 Å². The third-order valence-corrected chi connectivity index (χ3v) is 3.02. The third kappa shape index (κ3) is 3.06. The van der Waals surface area contributed by atoms with E-state index in [2.05, 4.69) is 15.1 Å². The Balaban J connectivity index is 2.06. The summed E-state index contributed by atoms with van der Waals surface area (Å²) >= 11 is 5.84. The molecular formula is C11H16ClN3. The van der Waals surface area contributed by atoms with Gasteiger partial charge >= 0.3 is 0 Å². The first-order valence-electron chi connectivity index (χ1n) is 5.59. The van der Waals surface area contributed by atoms with Crippen molar-refractivity contribution in [3.8, 4) is 0 Å². The Morgan fingerprint density at radius 3 is 2.40 bits per heavy atom. The van der Waals surface area contributed by atoms with Crippen LogP contribution in [0.5, 0.6) is 0 Å². The zero-order valence-corrected chi connectivity index (χ0v) is 9.58. The lowest BCUT2D eigenvalue weighted by molar-refractivity contribution is 0.556. The molecule has 0 unspecified atom stereocenters. The number of hydrogen-bond acceptors (Lipinski definition) is 3. The lowest BCUT2D eigenvalue weighted by atomic mass is 10.1. The lowest BCUT2D eigenvalue weighted by Gasteiger charge is -2.26. The van der Waals surface area contributed by atoms with Crippen LogP contribution in [-0.4, -0.2) is 23.3 Å². The van der Waals surface area contributed by atoms with E-state index in [1.54, 1.807) is 6.20 Å². The van der Waals surface area contributed by atoms with Crippen molar-refractivity contribution in [3.63, 3.8) is 0 Å². The first kappa shape index (κ1) is 10.7. The highest BCUT2D eigenvalue weighted by Gasteiger charge is 2.09. The van der Waals surface area contributed by atoms with Crippen LogP contribution in [0.3, 0.4) is 0 Å². The second-order valence-electron chi connectivity index (χ2n) is 3.99. The zero-order chi connectivity index (χ0) is 10.5. The maximum atomic E-state index is 5.84. The molecule has 1 saturated heterocycles. The summed E-state index contributed by atoms with van der Waals surface area (Å²) in [5.74, 6) is 0. The predicted molar refractivity (Wildman–Crippen MR) is 62.3 cm³/mol. The third-order valence-electron chi connectivity index (χ3n) is 2.83. The van der Waals surface area contributed by atoms with Gasteiger partial charge in [-0.25, -0.2) is 0 Å². The van der Waals surface area contributed by atoms with Crippen LogP contribution in [0.15, 0.2) is 12.3 Å². The van der Waals surface area contributed by atoms with Gasteiger partial charge in [-0.3, -0.25) is 0 Å². The highest BCUT2D eigenvalue weighted by atomic mass is 35.5. The largest absolute Gasteiger partial charge is 0.370 e. The highest BCUT2D eigenvalue weighted by Crippen LogP contribution is 2.19. The van der Waals surface area contributed by atoms with E-state index in [0.717, 1.165) is 18.8 Å². The van der Waals surface area contributed by atoms with E-state index in [1.165, 1.54) is 32.1 Å². The molecule has 0 aromatic carbocycles. The summed E-state index contributed by atoms with van der Waals surface area (Å²) in [6, 6.07) is 1.90. The normalized spacial score (nSPS) is 18.3. The van der Waals surface area contributed by atoms with Gasteiger partial charge < -0.3 is 4.90 Å². The minimum absolute atomic E-state index is 0.481. The van der Waals surface area contributed by atoms with Crippen LogP contribution in [0.1, 0.15) is 32.1 Å². The second-order valence-corrected chi connectivity index (χ2v) is 4.38. The molecule has 0 radical (unpaired) electrons. The molecule has 1 aliphatic heterocycles. The molecule has 0 bridgehead atoms. The van der Waals surface area contributed by atoms with Crippen LogP contribution in [-0.2, 0) is 0 Å². The molecule has 1 aliphatic rings. The first-order chi connectivity index (χ1) is 7.36. The molecule has 0 N–H and O–H groups in total. The molecule has 4 heteroatoms. The highest BCUT2D eigenvalue weighted by molar-refractivity contribution is 6.29. The standard InChI is InChI=1S/C11H16ClN3/c12-11-8-10(9-13-14-11)15-6-4-2-1-3-5-7-15/h8-9H,1-7H2. The molecule has 1 fully saturated rings. The van der Waals surface area contributed by atoms with E-state index in [0.29, 0.717) is 5.15 Å². The SMILES string of the molecule is Clc1cc(N2CCCCCCC2)cnn1. The van der Waals surface area contributed by atoms with Crippen LogP contribution in [0, 0.1) is 0 Å². The molecule has 2 heterocycles. The van der Waals surface area contributed by atoms with E-state index in [9.17, 15) is 0 Å². The average molecular weight is 226 g/mol. The molecule has 2 rings (SSSR count). The van der Waals surface area contributed by atoms with Crippen molar-refractivity contribution in [2.45, 2.75) is 32.1 Å². The topological polar surface area (TPSA) is 29.0 Å². The molecule has 3 nitrogen and oxygen atoms in total. The number of aromatic nitrogens is 2. The molecule has 0 aliphatic carbocycles. The average Bonchev–Trinajstić information content (AvgIpc) is 2.16. The summed E-state index contributed by atoms with van der Waals surface area (Å²) in [5.41, 5.74) is 1.11. The van der Waals surface area contributed by atoms with Gasteiger partial charge in [0.2, 0.25) is 0 Å². The summed E-state index contributed by atoms with van der Waals surface area (Å²) < 4.78 is 0. The van der Waals surface area contributed by atoms with Crippen LogP contribution in [0.25, 0.3) is 0 Å². The van der Waals surface area contributed by atoms with Crippen LogP contribution in [0.4, 0.5) is 5.69 Å². The fraction of sp³-hybridized carbons (Fsp3) is 0.636. The number of nitrogens with zero attached hydrogens (tertiary/aromatic N) is 3. The van der Waals surface area contributed by atoms with E-state index in [4.69, 9.17) is 11.6 Å². The minimum Gasteiger partial charge on any atom is -0.370 e. The zero-order valence-electron chi connectivity index (χ0n) is 8.82. The molecule has 82 valence electrons. The first-order valence-corrected chi connectivity index (χ1v) is 5.97. The van der Waals surface area contributed by atoms with Crippen molar-refractivity contribution >= 4 is 17.3 Å². The number of halogens is 1. The van der Waals surface area contributed by atoms with Gasteiger partial charge in [-0.05, 0) is 12.8 Å². The number of anilines is 1. The van der Waals surface area contributed by atoms with E-state index < -0.39 is 0 Å². The van der Waals surface area contributed by atoms with Gasteiger partial charge in [-0.1, -0.05) is 30.9 Å². The molecule has 0 spiro atoms. The molecule has 0 atom stereocenters. The van der Waals surface area contributed by atoms with Crippen LogP contribution < -0.4 is 4.90 Å². The maximum absolute atomic E-state index is 5.84. The van der Waals surface area contributed by atoms with E-state index in [-0.39, 0.29) is 0 Å². The van der Waals surface area contributed by atoms with Crippen molar-refractivity contribution in [2.75, 3.05) is 18.0 Å². The minimum atomic E-state index is 0.481. The fourth-order valence-electron chi connectivity index (χ4n) is 2.01. The van der Waals surface area contributed by atoms with Crippen molar-refractivity contribution in [1.29, 1.82) is 0 Å². The Morgan fingerprint density at radius 1 is 1.07 bits per heavy atom. The Hall–Kier alpha value is -0.830. The summed E-state index contributed by atoms with van der Waals surface area (Å²) in [4.78, 5) is 2.36. The summed E-state index contributed by atoms with van der Waals surface area (Å²) in [6.45, 7) is 2.23. The number of hydrogen-bond donors (Lipinski definition) is 0. The van der Waals surface area contributed by atoms with Gasteiger partial charge in [0.05, 0.1) is 11.9 Å². The van der Waals surface area contributed by atoms with Gasteiger partial charge in [-0.15, -0.1) is 5.10 Å². The molecular weight excluding hydrogens is 210 g/mol. The predicted octanol–water partition coefficient (Wildman–Crippen LogP) is 2.90. The van der Waals surface area contributed by atoms with Gasteiger partial charge in [0, 0.05) is 19.2 Å². The lowest BCUT2D eigenvalue weighted by Crippen LogP contribution is -2.27. The molecule has 15 heavy (non-hydrogen) atoms. The van der Waals surface area contributed by atoms with Crippen molar-refractivity contribution < 1.29 is 0 Å². The van der Waals surface area contributed by atoms with E-state index >= 15 is 0 Å². The molecule has 0 amide bonds. The smallest absolute Gasteiger partial charge is 0.153 e. The summed E-state index contributed by atoms with van der Waals surface area (Å²) in [5, 5.41) is 8.14. The Kier molecular flexibility index (Phi) is 3.78. The van der Waals surface area contributed by atoms with Crippen molar-refractivity contribution in [1.82, 2.24) is 10.2 Å². The molecule has 1 aromatic heterocycles. The van der Waals surface area contributed by atoms with Crippen LogP contribution in [0.2, 0.25) is 5.15 Å². The molecule has 1 aromatic rings. The maximum Gasteiger partial charge on any atom is 0.153 e. The van der Waals surface area contributed by atoms with Crippen LogP contribution >= 0.6 is 11.6 Å². The van der Waals surface area contributed by atoms with Gasteiger partial charge in [0.1, 0.15) is 0 Å². The van der Waals surface area contributed by atoms with E-state index in [1.807, 2.05) is 6.07 Å². The monoisotopic (exact) mass is 225 g/mol. The summed E-state index contributed by atoms with van der Waals surface area (Å²) in [6.07, 6.45) is 8.38. The van der Waals surface area contributed by atoms with Crippen molar-refractivity contribution in [2.24, 2.45) is 0 Å². The number of rotatable bonds is 1. The van der Waals surface area contributed by atoms with Gasteiger partial charge in [0.15, 0.2) is 5.15 Å². The quantitative estimate of drug-likeness (QED) is 0.736. The Bertz CT molecular complexity index is 308. The Morgan fingerprint density at radius 2 is 1.73 bits per heavy atom.